The van der Waals surface area contributed by atoms with Crippen LogP contribution in [0.1, 0.15) is 44.6 Å². The van der Waals surface area contributed by atoms with E-state index in [0.29, 0.717) is 5.92 Å². The summed E-state index contributed by atoms with van der Waals surface area (Å²) in [7, 11) is 0. The number of aromatic nitrogens is 1. The van der Waals surface area contributed by atoms with Crippen molar-refractivity contribution in [2.45, 2.75) is 39.0 Å². The summed E-state index contributed by atoms with van der Waals surface area (Å²) in [6.07, 6.45) is 5.76. The Bertz CT molecular complexity index is 598. The van der Waals surface area contributed by atoms with Gasteiger partial charge in [-0.2, -0.15) is 0 Å². The van der Waals surface area contributed by atoms with Gasteiger partial charge in [0.1, 0.15) is 5.82 Å². The number of halogens is 1. The topological polar surface area (TPSA) is 19.0 Å². The number of H-pyrrole nitrogens is 1. The van der Waals surface area contributed by atoms with Crippen LogP contribution in [0.2, 0.25) is 0 Å². The summed E-state index contributed by atoms with van der Waals surface area (Å²) in [6, 6.07) is 5.04. The Hall–Kier alpha value is -1.35. The summed E-state index contributed by atoms with van der Waals surface area (Å²) in [5.74, 6) is 1.21. The van der Waals surface area contributed by atoms with Gasteiger partial charge >= 0.3 is 0 Å². The zero-order chi connectivity index (χ0) is 14.8. The van der Waals surface area contributed by atoms with Crippen molar-refractivity contribution in [3.05, 3.63) is 35.8 Å². The molecule has 1 aliphatic rings. The predicted molar refractivity (Wildman–Crippen MR) is 86.1 cm³/mol. The van der Waals surface area contributed by atoms with E-state index in [1.165, 1.54) is 50.5 Å². The summed E-state index contributed by atoms with van der Waals surface area (Å²) >= 11 is 0. The van der Waals surface area contributed by atoms with Crippen LogP contribution in [0.4, 0.5) is 4.39 Å². The number of hydrogen-bond donors (Lipinski definition) is 1. The average molecular weight is 288 g/mol. The molecule has 21 heavy (non-hydrogen) atoms. The normalized spacial score (nSPS) is 21.3. The van der Waals surface area contributed by atoms with Crippen molar-refractivity contribution in [2.24, 2.45) is 5.92 Å². The summed E-state index contributed by atoms with van der Waals surface area (Å²) in [5.41, 5.74) is 2.36. The lowest BCUT2D eigenvalue weighted by molar-refractivity contribution is 0.262. The summed E-state index contributed by atoms with van der Waals surface area (Å²) < 4.78 is 13.5. The van der Waals surface area contributed by atoms with Crippen molar-refractivity contribution in [3.8, 4) is 0 Å². The molecule has 0 saturated heterocycles. The van der Waals surface area contributed by atoms with Gasteiger partial charge in [-0.3, -0.25) is 0 Å². The van der Waals surface area contributed by atoms with Gasteiger partial charge in [-0.1, -0.05) is 13.8 Å². The number of nitrogens with zero attached hydrogens (tertiary/aromatic N) is 1. The van der Waals surface area contributed by atoms with Crippen LogP contribution in [0.3, 0.4) is 0 Å². The zero-order valence-corrected chi connectivity index (χ0v) is 13.0. The van der Waals surface area contributed by atoms with Gasteiger partial charge in [-0.25, -0.2) is 4.39 Å². The molecule has 0 spiro atoms. The van der Waals surface area contributed by atoms with E-state index < -0.39 is 0 Å². The highest BCUT2D eigenvalue weighted by atomic mass is 19.1. The van der Waals surface area contributed by atoms with Gasteiger partial charge in [0, 0.05) is 23.6 Å². The summed E-state index contributed by atoms with van der Waals surface area (Å²) in [4.78, 5) is 5.86. The molecule has 1 saturated carbocycles. The lowest BCUT2D eigenvalue weighted by Gasteiger charge is -2.20. The fourth-order valence-corrected chi connectivity index (χ4v) is 3.51. The van der Waals surface area contributed by atoms with Crippen LogP contribution in [0.5, 0.6) is 0 Å². The van der Waals surface area contributed by atoms with Crippen LogP contribution >= 0.6 is 0 Å². The molecule has 1 aromatic carbocycles. The first kappa shape index (κ1) is 14.6. The molecular weight excluding hydrogens is 263 g/mol. The molecule has 1 fully saturated rings. The van der Waals surface area contributed by atoms with Gasteiger partial charge in [0.2, 0.25) is 0 Å². The van der Waals surface area contributed by atoms with Crippen LogP contribution in [0.25, 0.3) is 10.9 Å². The van der Waals surface area contributed by atoms with Gasteiger partial charge in [-0.05, 0) is 68.0 Å². The van der Waals surface area contributed by atoms with Crippen molar-refractivity contribution in [1.29, 1.82) is 0 Å². The third-order valence-corrected chi connectivity index (χ3v) is 4.57. The zero-order valence-electron chi connectivity index (χ0n) is 13.0. The van der Waals surface area contributed by atoms with E-state index in [-0.39, 0.29) is 5.82 Å². The Kier molecular flexibility index (Phi) is 4.29. The maximum Gasteiger partial charge on any atom is 0.123 e. The molecule has 1 aromatic heterocycles. The second-order valence-corrected chi connectivity index (χ2v) is 6.34. The molecular formula is C18H25FN2. The standard InChI is InChI=1S/C18H25FN2/c1-3-7-21(8-4-2)12-13-9-15(13)17-11-20-18-6-5-14(19)10-16(17)18/h5-6,10-11,13,15,20H,3-4,7-9,12H2,1-2H3. The summed E-state index contributed by atoms with van der Waals surface area (Å²) in [6.45, 7) is 8.07. The highest BCUT2D eigenvalue weighted by Crippen LogP contribution is 2.49. The molecule has 0 amide bonds. The second kappa shape index (κ2) is 6.18. The van der Waals surface area contributed by atoms with Gasteiger partial charge in [-0.15, -0.1) is 0 Å². The highest BCUT2D eigenvalue weighted by Gasteiger charge is 2.40. The Balaban J connectivity index is 1.70. The molecule has 3 rings (SSSR count). The van der Waals surface area contributed by atoms with Crippen molar-refractivity contribution in [2.75, 3.05) is 19.6 Å². The molecule has 1 N–H and O–H groups in total. The third kappa shape index (κ3) is 3.13. The number of aromatic amines is 1. The lowest BCUT2D eigenvalue weighted by atomic mass is 10.1. The van der Waals surface area contributed by atoms with Crippen LogP contribution < -0.4 is 0 Å². The molecule has 0 aliphatic heterocycles. The quantitative estimate of drug-likeness (QED) is 0.793. The molecule has 2 nitrogen and oxygen atoms in total. The van der Waals surface area contributed by atoms with Crippen molar-refractivity contribution < 1.29 is 4.39 Å². The average Bonchev–Trinajstić information content (AvgIpc) is 3.09. The van der Waals surface area contributed by atoms with Crippen molar-refractivity contribution >= 4 is 10.9 Å². The summed E-state index contributed by atoms with van der Waals surface area (Å²) in [5, 5.41) is 1.07. The van der Waals surface area contributed by atoms with Crippen molar-refractivity contribution in [1.82, 2.24) is 9.88 Å². The number of nitrogens with one attached hydrogen (secondary N) is 1. The molecule has 0 radical (unpaired) electrons. The number of rotatable bonds is 7. The Morgan fingerprint density at radius 1 is 1.24 bits per heavy atom. The van der Waals surface area contributed by atoms with Crippen LogP contribution in [-0.2, 0) is 0 Å². The van der Waals surface area contributed by atoms with Gasteiger partial charge in [0.15, 0.2) is 0 Å². The van der Waals surface area contributed by atoms with Gasteiger partial charge in [0.25, 0.3) is 0 Å². The molecule has 0 bridgehead atoms. The maximum absolute atomic E-state index is 13.5. The van der Waals surface area contributed by atoms with Crippen molar-refractivity contribution in [3.63, 3.8) is 0 Å². The smallest absolute Gasteiger partial charge is 0.123 e. The molecule has 1 heterocycles. The third-order valence-electron chi connectivity index (χ3n) is 4.57. The van der Waals surface area contributed by atoms with Crippen LogP contribution in [0.15, 0.2) is 24.4 Å². The molecule has 114 valence electrons. The van der Waals surface area contributed by atoms with E-state index in [9.17, 15) is 4.39 Å². The highest BCUT2D eigenvalue weighted by molar-refractivity contribution is 5.84. The second-order valence-electron chi connectivity index (χ2n) is 6.34. The van der Waals surface area contributed by atoms with Crippen LogP contribution in [0, 0.1) is 11.7 Å². The first-order valence-corrected chi connectivity index (χ1v) is 8.21. The Morgan fingerprint density at radius 2 is 2.00 bits per heavy atom. The first-order valence-electron chi connectivity index (χ1n) is 8.21. The van der Waals surface area contributed by atoms with E-state index in [1.807, 2.05) is 6.07 Å². The molecule has 1 aliphatic carbocycles. The number of fused-ring (bicyclic) bond motifs is 1. The minimum Gasteiger partial charge on any atom is -0.361 e. The fraction of sp³-hybridized carbons (Fsp3) is 0.556. The molecule has 3 heteroatoms. The minimum atomic E-state index is -0.140. The Labute approximate surface area is 126 Å². The molecule has 2 aromatic rings. The SMILES string of the molecule is CCCN(CCC)CC1CC1c1c[nH]c2ccc(F)cc12. The fourth-order valence-electron chi connectivity index (χ4n) is 3.51. The van der Waals surface area contributed by atoms with Crippen LogP contribution in [-0.4, -0.2) is 29.5 Å². The number of hydrogen-bond acceptors (Lipinski definition) is 1. The van der Waals surface area contributed by atoms with E-state index in [4.69, 9.17) is 0 Å². The molecule has 2 atom stereocenters. The van der Waals surface area contributed by atoms with E-state index in [1.54, 1.807) is 6.07 Å². The minimum absolute atomic E-state index is 0.140. The largest absolute Gasteiger partial charge is 0.361 e. The van der Waals surface area contributed by atoms with E-state index in [2.05, 4.69) is 29.9 Å². The maximum atomic E-state index is 13.5. The predicted octanol–water partition coefficient (Wildman–Crippen LogP) is 4.53. The Morgan fingerprint density at radius 3 is 2.71 bits per heavy atom. The van der Waals surface area contributed by atoms with E-state index in [0.717, 1.165) is 16.8 Å². The molecule has 2 unspecified atom stereocenters. The van der Waals surface area contributed by atoms with E-state index >= 15 is 0 Å². The lowest BCUT2D eigenvalue weighted by Crippen LogP contribution is -2.27. The first-order chi connectivity index (χ1) is 10.2. The monoisotopic (exact) mass is 288 g/mol. The van der Waals surface area contributed by atoms with Gasteiger partial charge in [0.05, 0.1) is 0 Å². The van der Waals surface area contributed by atoms with Gasteiger partial charge < -0.3 is 9.88 Å². The number of benzene rings is 1.